The maximum atomic E-state index is 13.6. The first kappa shape index (κ1) is 16.3. The summed E-state index contributed by atoms with van der Waals surface area (Å²) in [6.07, 6.45) is 5.60. The first-order chi connectivity index (χ1) is 10.1. The van der Waals surface area contributed by atoms with E-state index in [1.165, 1.54) is 23.9 Å². The van der Waals surface area contributed by atoms with E-state index in [1.54, 1.807) is 6.07 Å². The summed E-state index contributed by atoms with van der Waals surface area (Å²) >= 11 is 1.53. The Kier molecular flexibility index (Phi) is 6.06. The number of aliphatic hydroxyl groups excluding tert-OH is 1. The molecule has 0 bridgehead atoms. The molecule has 0 aliphatic heterocycles. The van der Waals surface area contributed by atoms with E-state index in [4.69, 9.17) is 5.11 Å². The van der Waals surface area contributed by atoms with Gasteiger partial charge >= 0.3 is 0 Å². The molecule has 2 rings (SSSR count). The fourth-order valence-corrected chi connectivity index (χ4v) is 3.27. The van der Waals surface area contributed by atoms with Gasteiger partial charge in [0.05, 0.1) is 0 Å². The standard InChI is InChI=1S/C16H22FNO2S/c1-21-10-13-8-12(4-7-15(13)17)16(20)18-14-5-2-11(9-19)3-6-14/h4,7-8,11,14,19H,2-3,5-6,9-10H2,1H3,(H,18,20). The number of halogens is 1. The van der Waals surface area contributed by atoms with Crippen LogP contribution in [0.25, 0.3) is 0 Å². The van der Waals surface area contributed by atoms with E-state index in [0.717, 1.165) is 25.7 Å². The number of nitrogens with one attached hydrogen (secondary N) is 1. The Labute approximate surface area is 129 Å². The van der Waals surface area contributed by atoms with Crippen LogP contribution in [0.3, 0.4) is 0 Å². The van der Waals surface area contributed by atoms with Gasteiger partial charge in [0, 0.05) is 24.0 Å². The van der Waals surface area contributed by atoms with Gasteiger partial charge in [-0.05, 0) is 61.6 Å². The Hall–Kier alpha value is -1.07. The minimum Gasteiger partial charge on any atom is -0.396 e. The van der Waals surface area contributed by atoms with E-state index in [-0.39, 0.29) is 24.4 Å². The molecule has 0 heterocycles. The van der Waals surface area contributed by atoms with Crippen molar-refractivity contribution in [3.05, 3.63) is 35.1 Å². The highest BCUT2D eigenvalue weighted by atomic mass is 32.2. The SMILES string of the molecule is CSCc1cc(C(=O)NC2CCC(CO)CC2)ccc1F. The summed E-state index contributed by atoms with van der Waals surface area (Å²) < 4.78 is 13.6. The summed E-state index contributed by atoms with van der Waals surface area (Å²) in [7, 11) is 0. The number of carbonyl (C=O) groups is 1. The van der Waals surface area contributed by atoms with E-state index in [9.17, 15) is 9.18 Å². The van der Waals surface area contributed by atoms with Crippen molar-refractivity contribution in [1.82, 2.24) is 5.32 Å². The monoisotopic (exact) mass is 311 g/mol. The van der Waals surface area contributed by atoms with Crippen molar-refractivity contribution in [2.75, 3.05) is 12.9 Å². The zero-order valence-corrected chi connectivity index (χ0v) is 13.1. The first-order valence-electron chi connectivity index (χ1n) is 7.33. The highest BCUT2D eigenvalue weighted by Crippen LogP contribution is 2.24. The zero-order valence-electron chi connectivity index (χ0n) is 12.3. The highest BCUT2D eigenvalue weighted by Gasteiger charge is 2.22. The minimum absolute atomic E-state index is 0.134. The van der Waals surface area contributed by atoms with Gasteiger partial charge in [0.2, 0.25) is 0 Å². The topological polar surface area (TPSA) is 49.3 Å². The number of hydrogen-bond donors (Lipinski definition) is 2. The molecule has 1 aliphatic carbocycles. The van der Waals surface area contributed by atoms with Crippen molar-refractivity contribution < 1.29 is 14.3 Å². The van der Waals surface area contributed by atoms with Crippen molar-refractivity contribution in [3.63, 3.8) is 0 Å². The fourth-order valence-electron chi connectivity index (χ4n) is 2.74. The number of benzene rings is 1. The third-order valence-electron chi connectivity index (χ3n) is 4.05. The van der Waals surface area contributed by atoms with Crippen LogP contribution in [0, 0.1) is 11.7 Å². The van der Waals surface area contributed by atoms with Crippen LogP contribution >= 0.6 is 11.8 Å². The number of amides is 1. The van der Waals surface area contributed by atoms with Gasteiger partial charge in [-0.1, -0.05) is 0 Å². The Balaban J connectivity index is 1.96. The van der Waals surface area contributed by atoms with E-state index in [2.05, 4.69) is 5.32 Å². The molecule has 3 nitrogen and oxygen atoms in total. The van der Waals surface area contributed by atoms with Gasteiger partial charge in [-0.3, -0.25) is 4.79 Å². The summed E-state index contributed by atoms with van der Waals surface area (Å²) in [5.74, 6) is 0.542. The molecule has 0 radical (unpaired) electrons. The second-order valence-corrected chi connectivity index (χ2v) is 6.48. The van der Waals surface area contributed by atoms with Gasteiger partial charge in [-0.15, -0.1) is 0 Å². The van der Waals surface area contributed by atoms with Crippen LogP contribution < -0.4 is 5.32 Å². The fraction of sp³-hybridized carbons (Fsp3) is 0.562. The Morgan fingerprint density at radius 3 is 2.71 bits per heavy atom. The number of carbonyl (C=O) groups excluding carboxylic acids is 1. The Morgan fingerprint density at radius 1 is 1.38 bits per heavy atom. The molecule has 0 spiro atoms. The van der Waals surface area contributed by atoms with Gasteiger partial charge in [-0.25, -0.2) is 4.39 Å². The maximum absolute atomic E-state index is 13.6. The quantitative estimate of drug-likeness (QED) is 0.879. The smallest absolute Gasteiger partial charge is 0.251 e. The van der Waals surface area contributed by atoms with Crippen LogP contribution in [0.4, 0.5) is 4.39 Å². The maximum Gasteiger partial charge on any atom is 0.251 e. The van der Waals surface area contributed by atoms with Crippen LogP contribution in [0.5, 0.6) is 0 Å². The molecule has 1 fully saturated rings. The van der Waals surface area contributed by atoms with Gasteiger partial charge in [0.1, 0.15) is 5.82 Å². The lowest BCUT2D eigenvalue weighted by molar-refractivity contribution is 0.0914. The average Bonchev–Trinajstić information content (AvgIpc) is 2.50. The molecule has 1 aliphatic rings. The largest absolute Gasteiger partial charge is 0.396 e. The third kappa shape index (κ3) is 4.45. The second kappa shape index (κ2) is 7.80. The van der Waals surface area contributed by atoms with Gasteiger partial charge < -0.3 is 10.4 Å². The molecule has 1 aromatic rings. The number of hydrogen-bond acceptors (Lipinski definition) is 3. The number of thioether (sulfide) groups is 1. The van der Waals surface area contributed by atoms with Crippen molar-refractivity contribution in [1.29, 1.82) is 0 Å². The lowest BCUT2D eigenvalue weighted by Gasteiger charge is -2.28. The van der Waals surface area contributed by atoms with Crippen LogP contribution in [-0.4, -0.2) is 29.9 Å². The second-order valence-electron chi connectivity index (χ2n) is 5.61. The van der Waals surface area contributed by atoms with E-state index in [1.807, 2.05) is 6.26 Å². The van der Waals surface area contributed by atoms with Crippen LogP contribution in [0.2, 0.25) is 0 Å². The molecule has 116 valence electrons. The summed E-state index contributed by atoms with van der Waals surface area (Å²) in [5.41, 5.74) is 1.09. The third-order valence-corrected chi connectivity index (χ3v) is 4.65. The van der Waals surface area contributed by atoms with Crippen LogP contribution in [0.1, 0.15) is 41.6 Å². The highest BCUT2D eigenvalue weighted by molar-refractivity contribution is 7.97. The predicted octanol–water partition coefficient (Wildman–Crippen LogP) is 2.97. The van der Waals surface area contributed by atoms with E-state index in [0.29, 0.717) is 22.8 Å². The zero-order chi connectivity index (χ0) is 15.2. The summed E-state index contributed by atoms with van der Waals surface area (Å²) in [6.45, 7) is 0.233. The van der Waals surface area contributed by atoms with Crippen molar-refractivity contribution in [2.45, 2.75) is 37.5 Å². The molecule has 0 unspecified atom stereocenters. The average molecular weight is 311 g/mol. The number of aliphatic hydroxyl groups is 1. The van der Waals surface area contributed by atoms with Gasteiger partial charge in [0.25, 0.3) is 5.91 Å². The normalized spacial score (nSPS) is 22.0. The molecule has 0 saturated heterocycles. The molecule has 1 amide bonds. The van der Waals surface area contributed by atoms with E-state index >= 15 is 0 Å². The minimum atomic E-state index is -0.260. The summed E-state index contributed by atoms with van der Waals surface area (Å²) in [4.78, 5) is 12.2. The lowest BCUT2D eigenvalue weighted by Crippen LogP contribution is -2.38. The summed E-state index contributed by atoms with van der Waals surface area (Å²) in [5, 5.41) is 12.1. The molecular formula is C16H22FNO2S. The molecular weight excluding hydrogens is 289 g/mol. The van der Waals surface area contributed by atoms with Crippen LogP contribution in [0.15, 0.2) is 18.2 Å². The molecule has 0 aromatic heterocycles. The molecule has 5 heteroatoms. The molecule has 21 heavy (non-hydrogen) atoms. The first-order valence-corrected chi connectivity index (χ1v) is 8.72. The molecule has 0 atom stereocenters. The van der Waals surface area contributed by atoms with Gasteiger partial charge in [0.15, 0.2) is 0 Å². The van der Waals surface area contributed by atoms with Crippen LogP contribution in [-0.2, 0) is 5.75 Å². The van der Waals surface area contributed by atoms with Crippen molar-refractivity contribution >= 4 is 17.7 Å². The van der Waals surface area contributed by atoms with Crippen molar-refractivity contribution in [2.24, 2.45) is 5.92 Å². The van der Waals surface area contributed by atoms with E-state index < -0.39 is 0 Å². The Bertz CT molecular complexity index is 487. The number of rotatable bonds is 5. The summed E-state index contributed by atoms with van der Waals surface area (Å²) in [6, 6.07) is 4.70. The molecule has 1 aromatic carbocycles. The van der Waals surface area contributed by atoms with Crippen molar-refractivity contribution in [3.8, 4) is 0 Å². The van der Waals surface area contributed by atoms with Gasteiger partial charge in [-0.2, -0.15) is 11.8 Å². The lowest BCUT2D eigenvalue weighted by atomic mass is 9.86. The predicted molar refractivity (Wildman–Crippen MR) is 83.9 cm³/mol. The molecule has 1 saturated carbocycles. The Morgan fingerprint density at radius 2 is 2.10 bits per heavy atom. The molecule has 2 N–H and O–H groups in total.